The van der Waals surface area contributed by atoms with E-state index in [9.17, 15) is 14.4 Å². The van der Waals surface area contributed by atoms with Gasteiger partial charge in [-0.15, -0.1) is 11.8 Å². The van der Waals surface area contributed by atoms with Gasteiger partial charge in [-0.2, -0.15) is 0 Å². The van der Waals surface area contributed by atoms with Crippen molar-refractivity contribution in [3.63, 3.8) is 0 Å². The third kappa shape index (κ3) is 4.47. The van der Waals surface area contributed by atoms with Gasteiger partial charge in [-0.25, -0.2) is 4.79 Å². The highest BCUT2D eigenvalue weighted by Crippen LogP contribution is 2.22. The summed E-state index contributed by atoms with van der Waals surface area (Å²) in [6, 6.07) is 6.21. The fourth-order valence-corrected chi connectivity index (χ4v) is 3.20. The van der Waals surface area contributed by atoms with Gasteiger partial charge in [-0.05, 0) is 24.3 Å². The van der Waals surface area contributed by atoms with Crippen molar-refractivity contribution < 1.29 is 19.5 Å². The second-order valence-electron chi connectivity index (χ2n) is 4.48. The van der Waals surface area contributed by atoms with Crippen LogP contribution in [0.2, 0.25) is 0 Å². The summed E-state index contributed by atoms with van der Waals surface area (Å²) < 4.78 is 0.905. The molecule has 0 aliphatic carbocycles. The van der Waals surface area contributed by atoms with Gasteiger partial charge in [0, 0.05) is 22.3 Å². The molecule has 112 valence electrons. The lowest BCUT2D eigenvalue weighted by atomic mass is 10.2. The van der Waals surface area contributed by atoms with Crippen molar-refractivity contribution in [2.24, 2.45) is 0 Å². The first kappa shape index (κ1) is 15.8. The van der Waals surface area contributed by atoms with Crippen LogP contribution in [0, 0.1) is 0 Å². The average Bonchev–Trinajstić information content (AvgIpc) is 2.43. The zero-order valence-electron chi connectivity index (χ0n) is 10.8. The highest BCUT2D eigenvalue weighted by Gasteiger charge is 2.33. The van der Waals surface area contributed by atoms with Crippen molar-refractivity contribution in [2.75, 3.05) is 11.1 Å². The normalized spacial score (nSPS) is 21.5. The minimum Gasteiger partial charge on any atom is -0.480 e. The quantitative estimate of drug-likeness (QED) is 0.743. The van der Waals surface area contributed by atoms with Gasteiger partial charge in [0.2, 0.25) is 11.8 Å². The average molecular weight is 373 g/mol. The second-order valence-corrected chi connectivity index (χ2v) is 6.63. The Kier molecular flexibility index (Phi) is 5.24. The fourth-order valence-electron chi connectivity index (χ4n) is 1.79. The number of amides is 2. The first-order valence-corrected chi connectivity index (χ1v) is 8.00. The molecule has 1 fully saturated rings. The van der Waals surface area contributed by atoms with Crippen LogP contribution in [0.5, 0.6) is 0 Å². The molecule has 2 amide bonds. The van der Waals surface area contributed by atoms with Gasteiger partial charge < -0.3 is 15.7 Å². The summed E-state index contributed by atoms with van der Waals surface area (Å²) in [6.07, 6.45) is 0.0128. The molecule has 1 heterocycles. The number of benzene rings is 1. The number of carboxylic acids is 1. The Labute approximate surface area is 133 Å². The largest absolute Gasteiger partial charge is 0.480 e. The summed E-state index contributed by atoms with van der Waals surface area (Å²) in [5.74, 6) is -1.49. The summed E-state index contributed by atoms with van der Waals surface area (Å²) in [5, 5.41) is 13.4. The third-order valence-corrected chi connectivity index (χ3v) is 4.71. The molecule has 0 aromatic heterocycles. The second kappa shape index (κ2) is 6.95. The molecule has 1 saturated heterocycles. The van der Waals surface area contributed by atoms with Gasteiger partial charge >= 0.3 is 5.97 Å². The Morgan fingerprint density at radius 2 is 2.05 bits per heavy atom. The van der Waals surface area contributed by atoms with Crippen LogP contribution < -0.4 is 10.6 Å². The number of hydrogen-bond acceptors (Lipinski definition) is 4. The zero-order chi connectivity index (χ0) is 15.4. The summed E-state index contributed by atoms with van der Waals surface area (Å²) in [7, 11) is 0. The van der Waals surface area contributed by atoms with Crippen molar-refractivity contribution in [1.29, 1.82) is 0 Å². The van der Waals surface area contributed by atoms with E-state index in [1.165, 1.54) is 11.8 Å². The molecular formula is C13H13BrN2O4S. The lowest BCUT2D eigenvalue weighted by molar-refractivity contribution is -0.141. The smallest absolute Gasteiger partial charge is 0.327 e. The molecule has 21 heavy (non-hydrogen) atoms. The van der Waals surface area contributed by atoms with Crippen molar-refractivity contribution >= 4 is 51.2 Å². The molecule has 3 N–H and O–H groups in total. The maximum atomic E-state index is 11.9. The number of rotatable bonds is 4. The van der Waals surface area contributed by atoms with E-state index in [1.54, 1.807) is 24.3 Å². The molecule has 2 atom stereocenters. The van der Waals surface area contributed by atoms with E-state index in [0.717, 1.165) is 4.47 Å². The maximum Gasteiger partial charge on any atom is 0.327 e. The van der Waals surface area contributed by atoms with E-state index in [-0.39, 0.29) is 18.1 Å². The Balaban J connectivity index is 1.87. The van der Waals surface area contributed by atoms with Gasteiger partial charge in [-0.1, -0.05) is 15.9 Å². The van der Waals surface area contributed by atoms with Gasteiger partial charge in [0.25, 0.3) is 0 Å². The van der Waals surface area contributed by atoms with Gasteiger partial charge in [-0.3, -0.25) is 9.59 Å². The van der Waals surface area contributed by atoms with Gasteiger partial charge in [0.15, 0.2) is 0 Å². The van der Waals surface area contributed by atoms with Crippen LogP contribution in [0.4, 0.5) is 5.69 Å². The first-order chi connectivity index (χ1) is 9.95. The van der Waals surface area contributed by atoms with Crippen molar-refractivity contribution in [2.45, 2.75) is 17.7 Å². The van der Waals surface area contributed by atoms with Crippen LogP contribution in [-0.4, -0.2) is 39.9 Å². The predicted octanol–water partition coefficient (Wildman–Crippen LogP) is 1.46. The number of aliphatic carboxylic acids is 1. The van der Waals surface area contributed by atoms with Crippen molar-refractivity contribution in [3.05, 3.63) is 28.7 Å². The lowest BCUT2D eigenvalue weighted by Crippen LogP contribution is -2.51. The molecule has 1 aromatic rings. The van der Waals surface area contributed by atoms with Crippen LogP contribution >= 0.6 is 27.7 Å². The summed E-state index contributed by atoms with van der Waals surface area (Å²) in [4.78, 5) is 34.4. The number of carbonyl (C=O) groups is 3. The number of nitrogens with one attached hydrogen (secondary N) is 2. The van der Waals surface area contributed by atoms with Crippen LogP contribution in [0.1, 0.15) is 6.42 Å². The molecule has 6 nitrogen and oxygen atoms in total. The summed E-state index contributed by atoms with van der Waals surface area (Å²) in [5.41, 5.74) is 0.646. The number of hydrogen-bond donors (Lipinski definition) is 3. The van der Waals surface area contributed by atoms with Crippen molar-refractivity contribution in [3.8, 4) is 0 Å². The highest BCUT2D eigenvalue weighted by molar-refractivity contribution is 9.10. The van der Waals surface area contributed by atoms with Crippen LogP contribution in [-0.2, 0) is 14.4 Å². The third-order valence-electron chi connectivity index (χ3n) is 2.87. The predicted molar refractivity (Wildman–Crippen MR) is 83.2 cm³/mol. The molecule has 0 bridgehead atoms. The number of carboxylic acid groups (broad SMARTS) is 1. The SMILES string of the molecule is O=C(C[C@@H]1SC[C@@H](C(=O)O)NC1=O)Nc1ccc(Br)cc1. The number of anilines is 1. The molecule has 0 radical (unpaired) electrons. The molecule has 0 saturated carbocycles. The Morgan fingerprint density at radius 3 is 2.62 bits per heavy atom. The Morgan fingerprint density at radius 1 is 1.38 bits per heavy atom. The molecule has 0 spiro atoms. The Bertz CT molecular complexity index is 564. The molecule has 8 heteroatoms. The van der Waals surface area contributed by atoms with E-state index in [4.69, 9.17) is 5.11 Å². The molecule has 1 aliphatic heterocycles. The lowest BCUT2D eigenvalue weighted by Gasteiger charge is -2.25. The van der Waals surface area contributed by atoms with Crippen LogP contribution in [0.15, 0.2) is 28.7 Å². The zero-order valence-corrected chi connectivity index (χ0v) is 13.2. The highest BCUT2D eigenvalue weighted by atomic mass is 79.9. The standard InChI is InChI=1S/C13H13BrN2O4S/c14-7-1-3-8(4-2-7)15-11(17)5-10-12(18)16-9(6-21-10)13(19)20/h1-4,9-10H,5-6H2,(H,15,17)(H,16,18)(H,19,20)/t9-,10-/m0/s1. The van der Waals surface area contributed by atoms with Crippen LogP contribution in [0.25, 0.3) is 0 Å². The first-order valence-electron chi connectivity index (χ1n) is 6.16. The van der Waals surface area contributed by atoms with Gasteiger partial charge in [0.1, 0.15) is 6.04 Å². The number of halogens is 1. The van der Waals surface area contributed by atoms with Crippen molar-refractivity contribution in [1.82, 2.24) is 5.32 Å². The van der Waals surface area contributed by atoms with E-state index in [0.29, 0.717) is 5.69 Å². The minimum absolute atomic E-state index is 0.0128. The van der Waals surface area contributed by atoms with Crippen LogP contribution in [0.3, 0.4) is 0 Å². The van der Waals surface area contributed by atoms with Gasteiger partial charge in [0.05, 0.1) is 5.25 Å². The number of thioether (sulfide) groups is 1. The van der Waals surface area contributed by atoms with E-state index in [2.05, 4.69) is 26.6 Å². The van der Waals surface area contributed by atoms with E-state index >= 15 is 0 Å². The summed E-state index contributed by atoms with van der Waals surface area (Å²) in [6.45, 7) is 0. The topological polar surface area (TPSA) is 95.5 Å². The van der Waals surface area contributed by atoms with E-state index < -0.39 is 23.2 Å². The maximum absolute atomic E-state index is 11.9. The fraction of sp³-hybridized carbons (Fsp3) is 0.308. The monoisotopic (exact) mass is 372 g/mol. The Hall–Kier alpha value is -1.54. The van der Waals surface area contributed by atoms with E-state index in [1.807, 2.05) is 0 Å². The molecule has 2 rings (SSSR count). The molecule has 1 aromatic carbocycles. The minimum atomic E-state index is -1.06. The molecule has 1 aliphatic rings. The number of carbonyl (C=O) groups excluding carboxylic acids is 2. The summed E-state index contributed by atoms with van der Waals surface area (Å²) >= 11 is 4.49. The molecule has 0 unspecified atom stereocenters. The molecular weight excluding hydrogens is 360 g/mol.